The second-order valence-corrected chi connectivity index (χ2v) is 5.63. The average molecular weight is 380 g/mol. The predicted molar refractivity (Wildman–Crippen MR) is 91.0 cm³/mol. The van der Waals surface area contributed by atoms with Crippen molar-refractivity contribution in [1.82, 2.24) is 5.32 Å². The molecule has 0 spiro atoms. The van der Waals surface area contributed by atoms with Crippen LogP contribution in [0.25, 0.3) is 0 Å². The first-order chi connectivity index (χ1) is 11.1. The fourth-order valence-electron chi connectivity index (χ4n) is 1.95. The zero-order chi connectivity index (χ0) is 16.7. The van der Waals surface area contributed by atoms with Crippen molar-refractivity contribution in [3.05, 3.63) is 52.5 Å². The Balaban J connectivity index is 1.84. The molecule has 0 heterocycles. The van der Waals surface area contributed by atoms with E-state index in [0.717, 1.165) is 10.0 Å². The molecule has 0 saturated heterocycles. The van der Waals surface area contributed by atoms with Crippen molar-refractivity contribution in [2.24, 2.45) is 0 Å². The minimum atomic E-state index is -0.195. The number of carbonyl (C=O) groups excluding carboxylic acids is 1. The molecule has 2 rings (SSSR count). The average Bonchev–Trinajstić information content (AvgIpc) is 2.57. The Morgan fingerprint density at radius 3 is 2.57 bits per heavy atom. The minimum absolute atomic E-state index is 0.0380. The van der Waals surface area contributed by atoms with Gasteiger partial charge in [-0.2, -0.15) is 0 Å². The number of hydrogen-bond acceptors (Lipinski definition) is 4. The molecule has 0 aliphatic heterocycles. The smallest absolute Gasteiger partial charge is 0.258 e. The molecule has 23 heavy (non-hydrogen) atoms. The van der Waals surface area contributed by atoms with E-state index >= 15 is 0 Å². The second-order valence-electron chi connectivity index (χ2n) is 4.71. The first-order valence-electron chi connectivity index (χ1n) is 6.98. The fourth-order valence-corrected chi connectivity index (χ4v) is 2.33. The zero-order valence-electron chi connectivity index (χ0n) is 13.0. The Morgan fingerprint density at radius 2 is 1.87 bits per heavy atom. The van der Waals surface area contributed by atoms with Crippen LogP contribution in [0.1, 0.15) is 5.56 Å². The third-order valence-corrected chi connectivity index (χ3v) is 3.60. The van der Waals surface area contributed by atoms with Gasteiger partial charge in [-0.25, -0.2) is 0 Å². The number of halogens is 1. The highest BCUT2D eigenvalue weighted by molar-refractivity contribution is 9.10. The SMILES string of the molecule is COc1ccc(CNC(=O)COc2cccc(Br)c2)cc1OC. The number of methoxy groups -OCH3 is 2. The van der Waals surface area contributed by atoms with E-state index in [9.17, 15) is 4.79 Å². The van der Waals surface area contributed by atoms with Gasteiger partial charge < -0.3 is 19.5 Å². The first-order valence-corrected chi connectivity index (χ1v) is 7.77. The van der Waals surface area contributed by atoms with Crippen molar-refractivity contribution in [1.29, 1.82) is 0 Å². The first kappa shape index (κ1) is 17.1. The van der Waals surface area contributed by atoms with Crippen molar-refractivity contribution >= 4 is 21.8 Å². The van der Waals surface area contributed by atoms with Crippen LogP contribution in [-0.4, -0.2) is 26.7 Å². The van der Waals surface area contributed by atoms with Gasteiger partial charge >= 0.3 is 0 Å². The lowest BCUT2D eigenvalue weighted by Crippen LogP contribution is -2.28. The Morgan fingerprint density at radius 1 is 1.09 bits per heavy atom. The Bertz CT molecular complexity index is 675. The summed E-state index contributed by atoms with van der Waals surface area (Å²) in [5.74, 6) is 1.73. The van der Waals surface area contributed by atoms with Crippen LogP contribution < -0.4 is 19.5 Å². The monoisotopic (exact) mass is 379 g/mol. The standard InChI is InChI=1S/C17H18BrNO4/c1-21-15-7-6-12(8-16(15)22-2)10-19-17(20)11-23-14-5-3-4-13(18)9-14/h3-9H,10-11H2,1-2H3,(H,19,20). The lowest BCUT2D eigenvalue weighted by molar-refractivity contribution is -0.123. The topological polar surface area (TPSA) is 56.8 Å². The zero-order valence-corrected chi connectivity index (χ0v) is 14.6. The summed E-state index contributed by atoms with van der Waals surface area (Å²) >= 11 is 3.35. The van der Waals surface area contributed by atoms with Gasteiger partial charge in [-0.05, 0) is 35.9 Å². The molecule has 0 saturated carbocycles. The van der Waals surface area contributed by atoms with E-state index in [1.165, 1.54) is 0 Å². The summed E-state index contributed by atoms with van der Waals surface area (Å²) in [7, 11) is 3.16. The molecule has 0 bridgehead atoms. The van der Waals surface area contributed by atoms with Gasteiger partial charge in [0.2, 0.25) is 0 Å². The van der Waals surface area contributed by atoms with E-state index in [2.05, 4.69) is 21.2 Å². The summed E-state index contributed by atoms with van der Waals surface area (Å²) in [5.41, 5.74) is 0.915. The molecule has 0 aromatic heterocycles. The van der Waals surface area contributed by atoms with Crippen LogP contribution in [0, 0.1) is 0 Å². The third-order valence-electron chi connectivity index (χ3n) is 3.10. The van der Waals surface area contributed by atoms with Gasteiger partial charge in [0.05, 0.1) is 14.2 Å². The molecule has 0 radical (unpaired) electrons. The molecule has 0 fully saturated rings. The van der Waals surface area contributed by atoms with Gasteiger partial charge in [0.25, 0.3) is 5.91 Å². The van der Waals surface area contributed by atoms with E-state index in [1.54, 1.807) is 26.4 Å². The minimum Gasteiger partial charge on any atom is -0.493 e. The Labute approximate surface area is 143 Å². The van der Waals surface area contributed by atoms with E-state index in [-0.39, 0.29) is 12.5 Å². The quantitative estimate of drug-likeness (QED) is 0.802. The van der Waals surface area contributed by atoms with Crippen molar-refractivity contribution in [3.63, 3.8) is 0 Å². The Kier molecular flexibility index (Phi) is 6.29. The maximum atomic E-state index is 11.8. The summed E-state index contributed by atoms with van der Waals surface area (Å²) < 4.78 is 16.7. The maximum Gasteiger partial charge on any atom is 0.258 e. The second kappa shape index (κ2) is 8.43. The summed E-state index contributed by atoms with van der Waals surface area (Å²) in [5, 5.41) is 2.80. The van der Waals surface area contributed by atoms with Crippen molar-refractivity contribution in [3.8, 4) is 17.2 Å². The van der Waals surface area contributed by atoms with Crippen LogP contribution >= 0.6 is 15.9 Å². The van der Waals surface area contributed by atoms with Crippen molar-refractivity contribution in [2.75, 3.05) is 20.8 Å². The molecule has 2 aromatic carbocycles. The highest BCUT2D eigenvalue weighted by atomic mass is 79.9. The molecule has 0 unspecified atom stereocenters. The number of amides is 1. The van der Waals surface area contributed by atoms with Crippen LogP contribution in [0.3, 0.4) is 0 Å². The molecule has 122 valence electrons. The molecule has 1 N–H and O–H groups in total. The maximum absolute atomic E-state index is 11.8. The normalized spacial score (nSPS) is 10.0. The number of rotatable bonds is 7. The molecule has 1 amide bonds. The van der Waals surface area contributed by atoms with Crippen LogP contribution in [-0.2, 0) is 11.3 Å². The van der Waals surface area contributed by atoms with E-state index < -0.39 is 0 Å². The van der Waals surface area contributed by atoms with Crippen LogP contribution in [0.4, 0.5) is 0 Å². The van der Waals surface area contributed by atoms with Gasteiger partial charge in [-0.15, -0.1) is 0 Å². The van der Waals surface area contributed by atoms with Crippen LogP contribution in [0.15, 0.2) is 46.9 Å². The molecule has 2 aromatic rings. The van der Waals surface area contributed by atoms with Gasteiger partial charge in [-0.3, -0.25) is 4.79 Å². The highest BCUT2D eigenvalue weighted by Crippen LogP contribution is 2.27. The molecule has 6 heteroatoms. The highest BCUT2D eigenvalue weighted by Gasteiger charge is 2.07. The lowest BCUT2D eigenvalue weighted by atomic mass is 10.2. The lowest BCUT2D eigenvalue weighted by Gasteiger charge is -2.11. The van der Waals surface area contributed by atoms with Gasteiger partial charge in [0.15, 0.2) is 18.1 Å². The predicted octanol–water partition coefficient (Wildman–Crippen LogP) is 3.16. The number of benzene rings is 2. The summed E-state index contributed by atoms with van der Waals surface area (Å²) in [6.07, 6.45) is 0. The van der Waals surface area contributed by atoms with Crippen LogP contribution in [0.5, 0.6) is 17.2 Å². The van der Waals surface area contributed by atoms with Gasteiger partial charge in [0.1, 0.15) is 5.75 Å². The molecule has 0 aliphatic rings. The van der Waals surface area contributed by atoms with E-state index in [0.29, 0.717) is 23.8 Å². The number of carbonyl (C=O) groups is 1. The molecule has 0 atom stereocenters. The van der Waals surface area contributed by atoms with E-state index in [1.807, 2.05) is 30.3 Å². The van der Waals surface area contributed by atoms with E-state index in [4.69, 9.17) is 14.2 Å². The summed E-state index contributed by atoms with van der Waals surface area (Å²) in [6.45, 7) is 0.352. The number of hydrogen-bond donors (Lipinski definition) is 1. The number of ether oxygens (including phenoxy) is 3. The van der Waals surface area contributed by atoms with Crippen LogP contribution in [0.2, 0.25) is 0 Å². The largest absolute Gasteiger partial charge is 0.493 e. The van der Waals surface area contributed by atoms with Gasteiger partial charge in [0, 0.05) is 11.0 Å². The van der Waals surface area contributed by atoms with Crippen molar-refractivity contribution < 1.29 is 19.0 Å². The number of nitrogens with one attached hydrogen (secondary N) is 1. The molecular formula is C17H18BrNO4. The van der Waals surface area contributed by atoms with Gasteiger partial charge in [-0.1, -0.05) is 28.1 Å². The summed E-state index contributed by atoms with van der Waals surface area (Å²) in [6, 6.07) is 12.8. The molecule has 5 nitrogen and oxygen atoms in total. The Hall–Kier alpha value is -2.21. The third kappa shape index (κ3) is 5.17. The molecule has 0 aliphatic carbocycles. The summed E-state index contributed by atoms with van der Waals surface area (Å²) in [4.78, 5) is 11.8. The molecular weight excluding hydrogens is 362 g/mol. The fraction of sp³-hybridized carbons (Fsp3) is 0.235. The van der Waals surface area contributed by atoms with Crippen molar-refractivity contribution in [2.45, 2.75) is 6.54 Å².